The van der Waals surface area contributed by atoms with Gasteiger partial charge in [-0.05, 0) is 36.2 Å². The van der Waals surface area contributed by atoms with Gasteiger partial charge in [-0.3, -0.25) is 14.4 Å². The van der Waals surface area contributed by atoms with Gasteiger partial charge in [-0.15, -0.1) is 0 Å². The average molecular weight is 456 g/mol. The first-order valence-corrected chi connectivity index (χ1v) is 10.2. The Labute approximate surface area is 191 Å². The number of aliphatic carboxylic acids is 1. The van der Waals surface area contributed by atoms with E-state index in [2.05, 4.69) is 16.0 Å². The molecule has 0 aliphatic rings. The summed E-state index contributed by atoms with van der Waals surface area (Å²) < 4.78 is 5.34. The van der Waals surface area contributed by atoms with Gasteiger partial charge in [0.05, 0.1) is 32.2 Å². The third-order valence-corrected chi connectivity index (χ3v) is 4.80. The molecule has 0 saturated heterocycles. The highest BCUT2D eigenvalue weighted by Gasteiger charge is 2.14. The van der Waals surface area contributed by atoms with E-state index < -0.39 is 12.0 Å². The molecule has 2 rings (SSSR count). The van der Waals surface area contributed by atoms with Crippen molar-refractivity contribution in [3.8, 4) is 5.75 Å². The summed E-state index contributed by atoms with van der Waals surface area (Å²) in [6.45, 7) is 1.72. The summed E-state index contributed by atoms with van der Waals surface area (Å²) in [7, 11) is 2.93. The molecule has 0 spiro atoms. The first-order chi connectivity index (χ1) is 15.7. The molecule has 10 nitrogen and oxygen atoms in total. The van der Waals surface area contributed by atoms with Crippen molar-refractivity contribution in [1.29, 1.82) is 0 Å². The van der Waals surface area contributed by atoms with E-state index in [9.17, 15) is 19.2 Å². The average Bonchev–Trinajstić information content (AvgIpc) is 2.78. The van der Waals surface area contributed by atoms with Crippen molar-refractivity contribution >= 4 is 35.2 Å². The first kappa shape index (κ1) is 25.2. The van der Waals surface area contributed by atoms with E-state index in [4.69, 9.17) is 9.84 Å². The lowest BCUT2D eigenvalue weighted by molar-refractivity contribution is -0.138. The van der Waals surface area contributed by atoms with E-state index >= 15 is 0 Å². The van der Waals surface area contributed by atoms with E-state index in [0.29, 0.717) is 22.7 Å². The molecule has 0 aliphatic carbocycles. The molecule has 0 unspecified atom stereocenters. The Morgan fingerprint density at radius 3 is 2.39 bits per heavy atom. The molecule has 0 fully saturated rings. The quantitative estimate of drug-likeness (QED) is 0.433. The third-order valence-electron chi connectivity index (χ3n) is 4.80. The summed E-state index contributed by atoms with van der Waals surface area (Å²) in [5, 5.41) is 16.7. The maximum atomic E-state index is 12.3. The van der Waals surface area contributed by atoms with Crippen molar-refractivity contribution < 1.29 is 29.0 Å². The van der Waals surface area contributed by atoms with Crippen molar-refractivity contribution in [3.63, 3.8) is 0 Å². The topological polar surface area (TPSA) is 137 Å². The number of methoxy groups -OCH3 is 1. The highest BCUT2D eigenvalue weighted by molar-refractivity contribution is 6.01. The Hall–Kier alpha value is -4.08. The molecule has 0 atom stereocenters. The van der Waals surface area contributed by atoms with Gasteiger partial charge < -0.3 is 30.7 Å². The summed E-state index contributed by atoms with van der Waals surface area (Å²) in [6, 6.07) is 11.9. The predicted octanol–water partition coefficient (Wildman–Crippen LogP) is 2.24. The normalized spacial score (nSPS) is 10.2. The second kappa shape index (κ2) is 12.1. The zero-order valence-corrected chi connectivity index (χ0v) is 18.8. The minimum Gasteiger partial charge on any atom is -0.495 e. The maximum Gasteiger partial charge on any atom is 0.323 e. The Bertz CT molecular complexity index is 1020. The number of rotatable bonds is 10. The number of likely N-dealkylation sites (N-methyl/N-ethyl adjacent to an activating group) is 1. The van der Waals surface area contributed by atoms with Gasteiger partial charge in [-0.25, -0.2) is 4.79 Å². The maximum absolute atomic E-state index is 12.3. The highest BCUT2D eigenvalue weighted by atomic mass is 16.5. The number of para-hydroxylation sites is 1. The van der Waals surface area contributed by atoms with E-state index in [0.717, 1.165) is 5.56 Å². The molecular weight excluding hydrogens is 428 g/mol. The molecule has 0 aliphatic heterocycles. The monoisotopic (exact) mass is 456 g/mol. The van der Waals surface area contributed by atoms with Crippen LogP contribution in [0.15, 0.2) is 42.5 Å². The van der Waals surface area contributed by atoms with Crippen LogP contribution in [0, 0.1) is 6.92 Å². The summed E-state index contributed by atoms with van der Waals surface area (Å²) in [6.07, 6.45) is -0.169. The van der Waals surface area contributed by atoms with Gasteiger partial charge in [-0.2, -0.15) is 0 Å². The lowest BCUT2D eigenvalue weighted by Gasteiger charge is -2.16. The van der Waals surface area contributed by atoms with Gasteiger partial charge in [-0.1, -0.05) is 24.3 Å². The standard InChI is InChI=1S/C23H28N4O6/c1-15-6-4-5-7-17(15)25-23(32)26-18-9-8-16(12-19(18)33-3)13-20(28)24-14-21(29)27(2)11-10-22(30)31/h4-9,12H,10-11,13-14H2,1-3H3,(H,24,28)(H,30,31)(H2,25,26,32). The smallest absolute Gasteiger partial charge is 0.323 e. The lowest BCUT2D eigenvalue weighted by atomic mass is 10.1. The van der Waals surface area contributed by atoms with Crippen molar-refractivity contribution in [3.05, 3.63) is 53.6 Å². The van der Waals surface area contributed by atoms with Crippen LogP contribution in [0.1, 0.15) is 17.5 Å². The van der Waals surface area contributed by atoms with Crippen LogP contribution in [0.5, 0.6) is 5.75 Å². The van der Waals surface area contributed by atoms with E-state index in [1.807, 2.05) is 25.1 Å². The van der Waals surface area contributed by atoms with Crippen LogP contribution in [0.3, 0.4) is 0 Å². The van der Waals surface area contributed by atoms with E-state index in [1.165, 1.54) is 19.1 Å². The molecule has 2 aromatic carbocycles. The molecule has 176 valence electrons. The van der Waals surface area contributed by atoms with Crippen molar-refractivity contribution in [1.82, 2.24) is 10.2 Å². The fourth-order valence-corrected chi connectivity index (χ4v) is 2.88. The second-order valence-corrected chi connectivity index (χ2v) is 7.34. The zero-order valence-electron chi connectivity index (χ0n) is 18.8. The summed E-state index contributed by atoms with van der Waals surface area (Å²) in [4.78, 5) is 48.3. The molecule has 4 N–H and O–H groups in total. The molecule has 0 saturated carbocycles. The number of urea groups is 1. The van der Waals surface area contributed by atoms with Gasteiger partial charge >= 0.3 is 12.0 Å². The predicted molar refractivity (Wildman–Crippen MR) is 123 cm³/mol. The Balaban J connectivity index is 1.91. The second-order valence-electron chi connectivity index (χ2n) is 7.34. The number of benzene rings is 2. The fourth-order valence-electron chi connectivity index (χ4n) is 2.88. The van der Waals surface area contributed by atoms with Crippen LogP contribution in [-0.2, 0) is 20.8 Å². The van der Waals surface area contributed by atoms with Gasteiger partial charge in [0.25, 0.3) is 0 Å². The number of carbonyl (C=O) groups is 4. The Morgan fingerprint density at radius 1 is 1.03 bits per heavy atom. The molecule has 33 heavy (non-hydrogen) atoms. The van der Waals surface area contributed by atoms with Gasteiger partial charge in [0, 0.05) is 19.3 Å². The molecule has 2 aromatic rings. The van der Waals surface area contributed by atoms with Gasteiger partial charge in [0.1, 0.15) is 5.75 Å². The number of carbonyl (C=O) groups excluding carboxylic acids is 3. The SMILES string of the molecule is COc1cc(CC(=O)NCC(=O)N(C)CCC(=O)O)ccc1NC(=O)Nc1ccccc1C. The van der Waals surface area contributed by atoms with Crippen molar-refractivity contribution in [2.45, 2.75) is 19.8 Å². The number of ether oxygens (including phenoxy) is 1. The minimum absolute atomic E-state index is 0.00182. The minimum atomic E-state index is -1.00. The molecule has 0 aromatic heterocycles. The lowest BCUT2D eigenvalue weighted by Crippen LogP contribution is -2.39. The van der Waals surface area contributed by atoms with E-state index in [1.54, 1.807) is 24.3 Å². The molecule has 4 amide bonds. The number of nitrogens with zero attached hydrogens (tertiary/aromatic N) is 1. The van der Waals surface area contributed by atoms with Crippen LogP contribution in [0.25, 0.3) is 0 Å². The fraction of sp³-hybridized carbons (Fsp3) is 0.304. The summed E-state index contributed by atoms with van der Waals surface area (Å²) >= 11 is 0. The Kier molecular flexibility index (Phi) is 9.22. The highest BCUT2D eigenvalue weighted by Crippen LogP contribution is 2.26. The molecule has 0 heterocycles. The van der Waals surface area contributed by atoms with Crippen LogP contribution in [0.2, 0.25) is 0 Å². The largest absolute Gasteiger partial charge is 0.495 e. The van der Waals surface area contributed by atoms with Crippen LogP contribution in [0.4, 0.5) is 16.2 Å². The van der Waals surface area contributed by atoms with Crippen molar-refractivity contribution in [2.24, 2.45) is 0 Å². The number of anilines is 2. The van der Waals surface area contributed by atoms with Crippen LogP contribution in [-0.4, -0.2) is 61.1 Å². The number of carboxylic acids is 1. The zero-order chi connectivity index (χ0) is 24.4. The van der Waals surface area contributed by atoms with Gasteiger partial charge in [0.15, 0.2) is 0 Å². The van der Waals surface area contributed by atoms with E-state index in [-0.39, 0.29) is 37.7 Å². The number of nitrogens with one attached hydrogen (secondary N) is 3. The van der Waals surface area contributed by atoms with Crippen LogP contribution < -0.4 is 20.7 Å². The number of carboxylic acid groups (broad SMARTS) is 1. The number of hydrogen-bond donors (Lipinski definition) is 4. The number of aryl methyl sites for hydroxylation is 1. The third kappa shape index (κ3) is 8.17. The number of amides is 4. The van der Waals surface area contributed by atoms with Gasteiger partial charge in [0.2, 0.25) is 11.8 Å². The molecule has 0 radical (unpaired) electrons. The molecule has 0 bridgehead atoms. The number of hydrogen-bond acceptors (Lipinski definition) is 5. The van der Waals surface area contributed by atoms with Crippen LogP contribution >= 0.6 is 0 Å². The first-order valence-electron chi connectivity index (χ1n) is 10.2. The molecule has 10 heteroatoms. The van der Waals surface area contributed by atoms with Crippen molar-refractivity contribution in [2.75, 3.05) is 37.9 Å². The summed E-state index contributed by atoms with van der Waals surface area (Å²) in [5.74, 6) is -1.39. The summed E-state index contributed by atoms with van der Waals surface area (Å²) in [5.41, 5.74) is 2.67. The molecular formula is C23H28N4O6. The Morgan fingerprint density at radius 2 is 1.73 bits per heavy atom.